The van der Waals surface area contributed by atoms with E-state index in [0.717, 1.165) is 38.1 Å². The van der Waals surface area contributed by atoms with Gasteiger partial charge in [0.2, 0.25) is 0 Å². The summed E-state index contributed by atoms with van der Waals surface area (Å²) in [5.41, 5.74) is 3.25. The van der Waals surface area contributed by atoms with Gasteiger partial charge in [0.05, 0.1) is 13.2 Å². The first kappa shape index (κ1) is 17.9. The van der Waals surface area contributed by atoms with E-state index < -0.39 is 5.79 Å². The summed E-state index contributed by atoms with van der Waals surface area (Å²) in [5.74, 6) is 1.09. The molecule has 2 fully saturated rings. The first-order valence-electron chi connectivity index (χ1n) is 10.3. The number of amides is 1. The van der Waals surface area contributed by atoms with Crippen molar-refractivity contribution in [3.8, 4) is 0 Å². The van der Waals surface area contributed by atoms with Gasteiger partial charge in [0, 0.05) is 51.0 Å². The number of piperidine rings is 1. The van der Waals surface area contributed by atoms with E-state index in [1.165, 1.54) is 11.1 Å². The fourth-order valence-corrected chi connectivity index (χ4v) is 4.74. The van der Waals surface area contributed by atoms with Crippen LogP contribution in [0.25, 0.3) is 0 Å². The van der Waals surface area contributed by atoms with Crippen molar-refractivity contribution in [3.63, 3.8) is 0 Å². The summed E-state index contributed by atoms with van der Waals surface area (Å²) in [5, 5.41) is 0. The van der Waals surface area contributed by atoms with Crippen LogP contribution >= 0.6 is 0 Å². The average molecular weight is 381 g/mol. The molecule has 1 amide bonds. The monoisotopic (exact) mass is 381 g/mol. The highest BCUT2D eigenvalue weighted by Gasteiger charge is 2.41. The number of nitrogens with zero attached hydrogens (tertiary/aromatic N) is 3. The highest BCUT2D eigenvalue weighted by Crippen LogP contribution is 2.32. The molecule has 0 unspecified atom stereocenters. The molecule has 0 aliphatic carbocycles. The van der Waals surface area contributed by atoms with E-state index in [1.54, 1.807) is 0 Å². The van der Waals surface area contributed by atoms with Crippen molar-refractivity contribution < 1.29 is 14.3 Å². The van der Waals surface area contributed by atoms with Crippen LogP contribution < -0.4 is 0 Å². The first-order valence-corrected chi connectivity index (χ1v) is 10.3. The lowest BCUT2D eigenvalue weighted by Gasteiger charge is -2.37. The molecular weight excluding hydrogens is 354 g/mol. The fraction of sp³-hybridized carbons (Fsp3) is 0.545. The zero-order valence-electron chi connectivity index (χ0n) is 16.4. The number of ether oxygens (including phenoxy) is 2. The zero-order valence-corrected chi connectivity index (χ0v) is 16.4. The number of benzene rings is 1. The van der Waals surface area contributed by atoms with Crippen molar-refractivity contribution >= 4 is 5.91 Å². The summed E-state index contributed by atoms with van der Waals surface area (Å²) < 4.78 is 13.7. The Morgan fingerprint density at radius 3 is 2.75 bits per heavy atom. The molecule has 0 saturated carbocycles. The zero-order chi connectivity index (χ0) is 19.1. The molecule has 2 saturated heterocycles. The quantitative estimate of drug-likeness (QED) is 0.803. The Morgan fingerprint density at radius 1 is 1.21 bits per heavy atom. The third kappa shape index (κ3) is 3.25. The molecule has 6 heteroatoms. The van der Waals surface area contributed by atoms with Gasteiger partial charge in [0.15, 0.2) is 5.79 Å². The normalized spacial score (nSPS) is 23.8. The molecule has 3 aliphatic rings. The smallest absolute Gasteiger partial charge is 0.274 e. The Labute approximate surface area is 165 Å². The van der Waals surface area contributed by atoms with Gasteiger partial charge in [-0.25, -0.2) is 4.98 Å². The minimum absolute atomic E-state index is 0.0295. The maximum atomic E-state index is 13.0. The molecule has 1 aromatic heterocycles. The SMILES string of the molecule is Cc1cccc([C@H]2CCc3nc(C(=O)N4CCC5(CC4)OCCO5)cn3C2)c1. The molecule has 1 aromatic carbocycles. The van der Waals surface area contributed by atoms with E-state index in [0.29, 0.717) is 37.9 Å². The van der Waals surface area contributed by atoms with Gasteiger partial charge in [0.25, 0.3) is 5.91 Å². The first-order chi connectivity index (χ1) is 13.6. The number of rotatable bonds is 2. The van der Waals surface area contributed by atoms with Gasteiger partial charge in [-0.15, -0.1) is 0 Å². The minimum Gasteiger partial charge on any atom is -0.347 e. The number of carbonyl (C=O) groups is 1. The molecule has 0 radical (unpaired) electrons. The third-order valence-electron chi connectivity index (χ3n) is 6.35. The van der Waals surface area contributed by atoms with Crippen molar-refractivity contribution in [3.05, 3.63) is 53.1 Å². The lowest BCUT2D eigenvalue weighted by atomic mass is 9.91. The fourth-order valence-electron chi connectivity index (χ4n) is 4.74. The lowest BCUT2D eigenvalue weighted by molar-refractivity contribution is -0.181. The van der Waals surface area contributed by atoms with Gasteiger partial charge in [-0.1, -0.05) is 29.8 Å². The van der Waals surface area contributed by atoms with Crippen molar-refractivity contribution in [1.29, 1.82) is 0 Å². The van der Waals surface area contributed by atoms with E-state index in [-0.39, 0.29) is 5.91 Å². The van der Waals surface area contributed by atoms with Crippen LogP contribution in [0.1, 0.15) is 52.6 Å². The summed E-state index contributed by atoms with van der Waals surface area (Å²) in [6, 6.07) is 8.75. The van der Waals surface area contributed by atoms with E-state index in [4.69, 9.17) is 9.47 Å². The van der Waals surface area contributed by atoms with Crippen LogP contribution in [-0.2, 0) is 22.4 Å². The standard InChI is InChI=1S/C22H27N3O3/c1-16-3-2-4-17(13-16)18-5-6-20-23-19(15-25(20)14-18)21(26)24-9-7-22(8-10-24)27-11-12-28-22/h2-4,13,15,18H,5-12,14H2,1H3/t18-/m0/s1. The molecule has 0 bridgehead atoms. The van der Waals surface area contributed by atoms with Gasteiger partial charge in [-0.3, -0.25) is 4.79 Å². The van der Waals surface area contributed by atoms with Crippen molar-refractivity contribution in [1.82, 2.24) is 14.5 Å². The van der Waals surface area contributed by atoms with Gasteiger partial charge in [0.1, 0.15) is 11.5 Å². The summed E-state index contributed by atoms with van der Waals surface area (Å²) >= 11 is 0. The number of carbonyl (C=O) groups excluding carboxylic acids is 1. The maximum absolute atomic E-state index is 13.0. The molecule has 148 valence electrons. The highest BCUT2D eigenvalue weighted by molar-refractivity contribution is 5.92. The Balaban J connectivity index is 1.28. The summed E-state index contributed by atoms with van der Waals surface area (Å²) in [4.78, 5) is 19.5. The summed E-state index contributed by atoms with van der Waals surface area (Å²) in [7, 11) is 0. The van der Waals surface area contributed by atoms with Crippen LogP contribution in [0.2, 0.25) is 0 Å². The Kier molecular flexibility index (Phi) is 4.48. The van der Waals surface area contributed by atoms with Crippen LogP contribution in [0, 0.1) is 6.92 Å². The van der Waals surface area contributed by atoms with Gasteiger partial charge in [-0.05, 0) is 18.9 Å². The average Bonchev–Trinajstić information content (AvgIpc) is 3.34. The number of hydrogen-bond donors (Lipinski definition) is 0. The lowest BCUT2D eigenvalue weighted by Crippen LogP contribution is -2.47. The summed E-state index contributed by atoms with van der Waals surface area (Å²) in [6.45, 7) is 5.66. The molecule has 2 aromatic rings. The molecule has 1 spiro atoms. The molecule has 3 aliphatic heterocycles. The van der Waals surface area contributed by atoms with Gasteiger partial charge < -0.3 is 18.9 Å². The molecule has 5 rings (SSSR count). The van der Waals surface area contributed by atoms with E-state index in [9.17, 15) is 4.79 Å². The molecular formula is C22H27N3O3. The molecule has 28 heavy (non-hydrogen) atoms. The Bertz CT molecular complexity index is 875. The largest absolute Gasteiger partial charge is 0.347 e. The minimum atomic E-state index is -0.453. The number of aryl methyl sites for hydroxylation is 2. The second kappa shape index (κ2) is 7.01. The van der Waals surface area contributed by atoms with E-state index in [2.05, 4.69) is 40.7 Å². The van der Waals surface area contributed by atoms with Crippen molar-refractivity contribution in [2.45, 2.75) is 50.9 Å². The number of hydrogen-bond acceptors (Lipinski definition) is 4. The highest BCUT2D eigenvalue weighted by atomic mass is 16.7. The number of imidazole rings is 1. The second-order valence-corrected chi connectivity index (χ2v) is 8.24. The molecule has 4 heterocycles. The van der Waals surface area contributed by atoms with Crippen LogP contribution in [-0.4, -0.2) is 52.4 Å². The van der Waals surface area contributed by atoms with Crippen molar-refractivity contribution in [2.75, 3.05) is 26.3 Å². The topological polar surface area (TPSA) is 56.6 Å². The van der Waals surface area contributed by atoms with Gasteiger partial charge in [-0.2, -0.15) is 0 Å². The molecule has 0 N–H and O–H groups in total. The Morgan fingerprint density at radius 2 is 2.00 bits per heavy atom. The van der Waals surface area contributed by atoms with E-state index >= 15 is 0 Å². The van der Waals surface area contributed by atoms with Crippen LogP contribution in [0.4, 0.5) is 0 Å². The van der Waals surface area contributed by atoms with Crippen LogP contribution in [0.5, 0.6) is 0 Å². The predicted octanol–water partition coefficient (Wildman–Crippen LogP) is 2.90. The maximum Gasteiger partial charge on any atom is 0.274 e. The van der Waals surface area contributed by atoms with Crippen LogP contribution in [0.15, 0.2) is 30.5 Å². The molecule has 1 atom stereocenters. The summed E-state index contributed by atoms with van der Waals surface area (Å²) in [6.07, 6.45) is 5.42. The van der Waals surface area contributed by atoms with Crippen molar-refractivity contribution in [2.24, 2.45) is 0 Å². The van der Waals surface area contributed by atoms with Crippen LogP contribution in [0.3, 0.4) is 0 Å². The van der Waals surface area contributed by atoms with E-state index in [1.807, 2.05) is 11.1 Å². The number of likely N-dealkylation sites (tertiary alicyclic amines) is 1. The Hall–Kier alpha value is -2.18. The number of aromatic nitrogens is 2. The number of fused-ring (bicyclic) bond motifs is 1. The molecule has 6 nitrogen and oxygen atoms in total. The predicted molar refractivity (Wildman–Crippen MR) is 104 cm³/mol. The van der Waals surface area contributed by atoms with Gasteiger partial charge >= 0.3 is 0 Å². The second-order valence-electron chi connectivity index (χ2n) is 8.24. The third-order valence-corrected chi connectivity index (χ3v) is 6.35.